The lowest BCUT2D eigenvalue weighted by Crippen LogP contribution is -2.37. The maximum Gasteiger partial charge on any atom is 0.414 e. The Balaban J connectivity index is 1.50. The number of anilines is 2. The summed E-state index contributed by atoms with van der Waals surface area (Å²) in [6.45, 7) is 9.84. The average molecular weight is 438 g/mol. The molecule has 0 aromatic heterocycles. The number of halogens is 1. The lowest BCUT2D eigenvalue weighted by molar-refractivity contribution is -0.121. The van der Waals surface area contributed by atoms with Crippen LogP contribution in [0.4, 0.5) is 20.6 Å². The molecule has 3 rings (SSSR count). The highest BCUT2D eigenvalue weighted by Gasteiger charge is 2.33. The van der Waals surface area contributed by atoms with Crippen molar-refractivity contribution in [1.82, 2.24) is 5.32 Å². The Morgan fingerprint density at radius 2 is 2.00 bits per heavy atom. The minimum atomic E-state index is -1.14. The van der Waals surface area contributed by atoms with Crippen molar-refractivity contribution in [2.45, 2.75) is 44.6 Å². The highest BCUT2D eigenvalue weighted by Crippen LogP contribution is 2.28. The molecule has 0 unspecified atom stereocenters. The van der Waals surface area contributed by atoms with E-state index in [4.69, 9.17) is 9.47 Å². The van der Waals surface area contributed by atoms with E-state index in [1.165, 1.54) is 11.0 Å². The van der Waals surface area contributed by atoms with Gasteiger partial charge in [-0.3, -0.25) is 9.69 Å². The second-order valence-corrected chi connectivity index (χ2v) is 14.7. The van der Waals surface area contributed by atoms with E-state index < -0.39 is 20.3 Å². The van der Waals surface area contributed by atoms with Gasteiger partial charge in [-0.05, 0) is 24.6 Å². The Bertz CT molecular complexity index is 765. The first kappa shape index (κ1) is 22.5. The van der Waals surface area contributed by atoms with Crippen LogP contribution in [-0.2, 0) is 14.3 Å². The van der Waals surface area contributed by atoms with Crippen molar-refractivity contribution in [2.24, 2.45) is 0 Å². The van der Waals surface area contributed by atoms with Crippen molar-refractivity contribution in [3.05, 3.63) is 24.0 Å². The number of morpholine rings is 1. The quantitative estimate of drug-likeness (QED) is 0.633. The maximum atomic E-state index is 14.7. The van der Waals surface area contributed by atoms with Crippen LogP contribution in [0.3, 0.4) is 0 Å². The van der Waals surface area contributed by atoms with Crippen molar-refractivity contribution in [3.63, 3.8) is 0 Å². The molecule has 2 aliphatic rings. The molecular weight excluding hydrogens is 405 g/mol. The normalized spacial score (nSPS) is 19.7. The van der Waals surface area contributed by atoms with E-state index >= 15 is 0 Å². The van der Waals surface area contributed by atoms with E-state index in [1.54, 1.807) is 12.1 Å². The smallest absolute Gasteiger partial charge is 0.414 e. The molecule has 2 saturated heterocycles. The molecule has 2 fully saturated rings. The van der Waals surface area contributed by atoms with Crippen molar-refractivity contribution in [1.29, 1.82) is 0 Å². The highest BCUT2D eigenvalue weighted by molar-refractivity contribution is 6.76. The fourth-order valence-corrected chi connectivity index (χ4v) is 4.90. The van der Waals surface area contributed by atoms with Crippen LogP contribution in [0, 0.1) is 5.82 Å². The summed E-state index contributed by atoms with van der Waals surface area (Å²) >= 11 is 0. The molecule has 7 nitrogen and oxygen atoms in total. The number of rotatable bonds is 8. The molecule has 1 aromatic carbocycles. The van der Waals surface area contributed by atoms with Gasteiger partial charge in [0.15, 0.2) is 0 Å². The molecule has 1 atom stereocenters. The Morgan fingerprint density at radius 1 is 1.27 bits per heavy atom. The zero-order chi connectivity index (χ0) is 21.7. The second-order valence-electron chi connectivity index (χ2n) is 9.07. The number of amides is 2. The summed E-state index contributed by atoms with van der Waals surface area (Å²) in [7, 11) is -1.14. The molecule has 0 radical (unpaired) electrons. The lowest BCUT2D eigenvalue weighted by Gasteiger charge is -2.29. The molecule has 1 N–H and O–H groups in total. The van der Waals surface area contributed by atoms with Gasteiger partial charge in [-0.2, -0.15) is 0 Å². The number of carbonyl (C=O) groups is 2. The third-order valence-electron chi connectivity index (χ3n) is 5.33. The van der Waals surface area contributed by atoms with E-state index in [0.29, 0.717) is 44.1 Å². The molecule has 2 amide bonds. The second kappa shape index (κ2) is 9.78. The maximum absolute atomic E-state index is 14.7. The molecule has 0 bridgehead atoms. The number of cyclic esters (lactones) is 1. The van der Waals surface area contributed by atoms with Gasteiger partial charge >= 0.3 is 6.09 Å². The number of carbonyl (C=O) groups excluding carboxylic acids is 2. The van der Waals surface area contributed by atoms with Crippen molar-refractivity contribution in [2.75, 3.05) is 49.2 Å². The Kier molecular flexibility index (Phi) is 7.35. The monoisotopic (exact) mass is 437 g/mol. The van der Waals surface area contributed by atoms with Gasteiger partial charge in [-0.15, -0.1) is 0 Å². The topological polar surface area (TPSA) is 71.1 Å². The van der Waals surface area contributed by atoms with Gasteiger partial charge in [0.25, 0.3) is 0 Å². The largest absolute Gasteiger partial charge is 0.442 e. The Hall–Kier alpha value is -2.13. The minimum Gasteiger partial charge on any atom is -0.442 e. The third kappa shape index (κ3) is 6.18. The summed E-state index contributed by atoms with van der Waals surface area (Å²) in [6.07, 6.45) is 0.405. The van der Waals surface area contributed by atoms with Gasteiger partial charge < -0.3 is 19.7 Å². The van der Waals surface area contributed by atoms with Crippen LogP contribution >= 0.6 is 0 Å². The van der Waals surface area contributed by atoms with Crippen LogP contribution in [0.5, 0.6) is 0 Å². The molecule has 0 saturated carbocycles. The number of benzene rings is 1. The van der Waals surface area contributed by atoms with Crippen LogP contribution in [0.2, 0.25) is 25.7 Å². The average Bonchev–Trinajstić information content (AvgIpc) is 3.06. The Morgan fingerprint density at radius 3 is 2.67 bits per heavy atom. The molecule has 1 aromatic rings. The van der Waals surface area contributed by atoms with Gasteiger partial charge in [0.1, 0.15) is 11.9 Å². The van der Waals surface area contributed by atoms with E-state index in [-0.39, 0.29) is 24.8 Å². The zero-order valence-electron chi connectivity index (χ0n) is 18.1. The van der Waals surface area contributed by atoms with Crippen LogP contribution in [0.25, 0.3) is 0 Å². The molecule has 2 heterocycles. The molecule has 0 aliphatic carbocycles. The van der Waals surface area contributed by atoms with Crippen LogP contribution in [0.15, 0.2) is 18.2 Å². The highest BCUT2D eigenvalue weighted by atomic mass is 28.3. The van der Waals surface area contributed by atoms with E-state index in [1.807, 2.05) is 4.90 Å². The first-order valence-electron chi connectivity index (χ1n) is 10.6. The summed E-state index contributed by atoms with van der Waals surface area (Å²) in [6, 6.07) is 5.89. The number of nitrogens with zero attached hydrogens (tertiary/aromatic N) is 2. The third-order valence-corrected chi connectivity index (χ3v) is 7.18. The number of ether oxygens (including phenoxy) is 2. The lowest BCUT2D eigenvalue weighted by atomic mass is 10.2. The van der Waals surface area contributed by atoms with Gasteiger partial charge in [0.2, 0.25) is 5.91 Å². The summed E-state index contributed by atoms with van der Waals surface area (Å²) in [5.74, 6) is -0.398. The summed E-state index contributed by atoms with van der Waals surface area (Å²) in [5.41, 5.74) is 0.968. The first-order valence-corrected chi connectivity index (χ1v) is 14.3. The van der Waals surface area contributed by atoms with Crippen molar-refractivity contribution >= 4 is 31.4 Å². The van der Waals surface area contributed by atoms with E-state index in [0.717, 1.165) is 12.5 Å². The van der Waals surface area contributed by atoms with E-state index in [9.17, 15) is 14.0 Å². The summed E-state index contributed by atoms with van der Waals surface area (Å²) in [5, 5.41) is 2.85. The van der Waals surface area contributed by atoms with Gasteiger partial charge in [0.05, 0.1) is 37.7 Å². The number of nitrogens with one attached hydrogen (secondary N) is 1. The van der Waals surface area contributed by atoms with Crippen molar-refractivity contribution < 1.29 is 23.5 Å². The minimum absolute atomic E-state index is 0.0244. The van der Waals surface area contributed by atoms with Gasteiger partial charge in [-0.25, -0.2) is 9.18 Å². The van der Waals surface area contributed by atoms with Crippen LogP contribution < -0.4 is 15.1 Å². The van der Waals surface area contributed by atoms with Gasteiger partial charge in [-0.1, -0.05) is 25.7 Å². The first-order chi connectivity index (χ1) is 14.2. The predicted molar refractivity (Wildman–Crippen MR) is 117 cm³/mol. The SMILES string of the molecule is C[Si](C)(C)CCCC(=O)NC[C@H]1CN(c2ccc(N3CCOCC3)c(F)c2)C(=O)O1. The number of hydrogen-bond donors (Lipinski definition) is 1. The Labute approximate surface area is 178 Å². The van der Waals surface area contributed by atoms with Gasteiger partial charge in [0, 0.05) is 27.6 Å². The molecule has 166 valence electrons. The summed E-state index contributed by atoms with van der Waals surface area (Å²) < 4.78 is 25.3. The zero-order valence-corrected chi connectivity index (χ0v) is 19.1. The van der Waals surface area contributed by atoms with Crippen LogP contribution in [-0.4, -0.2) is 65.6 Å². The molecule has 9 heteroatoms. The fourth-order valence-electron chi connectivity index (χ4n) is 3.66. The molecular formula is C21H32FN3O4Si. The predicted octanol–water partition coefficient (Wildman–Crippen LogP) is 3.22. The standard InChI is InChI=1S/C21H32FN3O4Si/c1-30(2,3)12-4-5-20(26)23-14-17-15-25(21(27)29-17)16-6-7-19(18(22)13-16)24-8-10-28-11-9-24/h6-7,13,17H,4-5,8-12,14-15H2,1-3H3,(H,23,26)/t17-/m0/s1. The molecule has 0 spiro atoms. The van der Waals surface area contributed by atoms with E-state index in [2.05, 4.69) is 25.0 Å². The van der Waals surface area contributed by atoms with Crippen LogP contribution in [0.1, 0.15) is 12.8 Å². The van der Waals surface area contributed by atoms with Crippen molar-refractivity contribution in [3.8, 4) is 0 Å². The molecule has 2 aliphatic heterocycles. The summed E-state index contributed by atoms with van der Waals surface area (Å²) in [4.78, 5) is 27.6. The molecule has 30 heavy (non-hydrogen) atoms. The fraction of sp³-hybridized carbons (Fsp3) is 0.619. The number of hydrogen-bond acceptors (Lipinski definition) is 5.